The van der Waals surface area contributed by atoms with E-state index in [1.54, 1.807) is 18.2 Å². The second kappa shape index (κ2) is 6.21. The minimum absolute atomic E-state index is 0.0169. The molecule has 1 aliphatic heterocycles. The lowest BCUT2D eigenvalue weighted by Crippen LogP contribution is -2.18. The van der Waals surface area contributed by atoms with Crippen LogP contribution in [0, 0.1) is 17.2 Å². The predicted octanol–water partition coefficient (Wildman–Crippen LogP) is 1.50. The third kappa shape index (κ3) is 3.46. The Morgan fingerprint density at radius 2 is 2.47 bits per heavy atom. The molecule has 2 N–H and O–H groups in total. The monoisotopic (exact) mass is 259 g/mol. The Labute approximate surface area is 112 Å². The topological polar surface area (TPSA) is 74.1 Å². The summed E-state index contributed by atoms with van der Waals surface area (Å²) in [6.07, 6.45) is 1.55. The molecule has 1 unspecified atom stereocenters. The first-order chi connectivity index (χ1) is 9.22. The number of ether oxygens (including phenoxy) is 1. The maximum absolute atomic E-state index is 11.9. The molecule has 2 rings (SSSR count). The van der Waals surface area contributed by atoms with Gasteiger partial charge in [-0.25, -0.2) is 0 Å². The molecule has 1 saturated heterocycles. The summed E-state index contributed by atoms with van der Waals surface area (Å²) in [4.78, 5) is 11.9. The fraction of sp³-hybridized carbons (Fsp3) is 0.429. The van der Waals surface area contributed by atoms with Gasteiger partial charge in [0, 0.05) is 12.5 Å². The summed E-state index contributed by atoms with van der Waals surface area (Å²) in [6, 6.07) is 7.02. The van der Waals surface area contributed by atoms with Crippen LogP contribution in [0.5, 0.6) is 5.75 Å². The van der Waals surface area contributed by atoms with E-state index < -0.39 is 0 Å². The molecule has 1 aromatic rings. The van der Waals surface area contributed by atoms with Crippen LogP contribution in [0.4, 0.5) is 5.69 Å². The molecule has 1 heterocycles. The van der Waals surface area contributed by atoms with Crippen molar-refractivity contribution < 1.29 is 9.53 Å². The molecule has 0 bridgehead atoms. The van der Waals surface area contributed by atoms with E-state index in [-0.39, 0.29) is 5.91 Å². The molecule has 1 aliphatic rings. The highest BCUT2D eigenvalue weighted by molar-refractivity contribution is 5.92. The molecule has 1 fully saturated rings. The largest absolute Gasteiger partial charge is 0.495 e. The first-order valence-corrected chi connectivity index (χ1v) is 6.31. The molecule has 19 heavy (non-hydrogen) atoms. The lowest BCUT2D eigenvalue weighted by atomic mass is 10.0. The van der Waals surface area contributed by atoms with Crippen molar-refractivity contribution in [2.45, 2.75) is 12.8 Å². The molecule has 0 radical (unpaired) electrons. The van der Waals surface area contributed by atoms with Crippen molar-refractivity contribution in [3.63, 3.8) is 0 Å². The van der Waals surface area contributed by atoms with Crippen molar-refractivity contribution in [2.75, 3.05) is 25.5 Å². The average Bonchev–Trinajstić information content (AvgIpc) is 2.91. The SMILES string of the molecule is COc1cc(C#N)ccc1NC(=O)CC1CCNC1. The lowest BCUT2D eigenvalue weighted by molar-refractivity contribution is -0.117. The number of rotatable bonds is 4. The van der Waals surface area contributed by atoms with E-state index in [1.165, 1.54) is 7.11 Å². The molecular formula is C14H17N3O2. The fourth-order valence-corrected chi connectivity index (χ4v) is 2.22. The highest BCUT2D eigenvalue weighted by Gasteiger charge is 2.18. The van der Waals surface area contributed by atoms with E-state index >= 15 is 0 Å². The lowest BCUT2D eigenvalue weighted by Gasteiger charge is -2.12. The number of methoxy groups -OCH3 is 1. The summed E-state index contributed by atoms with van der Waals surface area (Å²) < 4.78 is 5.18. The van der Waals surface area contributed by atoms with Crippen LogP contribution in [0.3, 0.4) is 0 Å². The van der Waals surface area contributed by atoms with Crippen LogP contribution in [0.2, 0.25) is 0 Å². The summed E-state index contributed by atoms with van der Waals surface area (Å²) in [5.41, 5.74) is 1.12. The Bertz CT molecular complexity index is 502. The molecule has 0 aliphatic carbocycles. The Hall–Kier alpha value is -2.06. The van der Waals surface area contributed by atoms with Crippen LogP contribution in [-0.4, -0.2) is 26.1 Å². The molecule has 1 aromatic carbocycles. The smallest absolute Gasteiger partial charge is 0.224 e. The Balaban J connectivity index is 2.01. The van der Waals surface area contributed by atoms with Crippen molar-refractivity contribution in [3.05, 3.63) is 23.8 Å². The van der Waals surface area contributed by atoms with Gasteiger partial charge in [-0.3, -0.25) is 4.79 Å². The molecule has 100 valence electrons. The van der Waals surface area contributed by atoms with Gasteiger partial charge < -0.3 is 15.4 Å². The van der Waals surface area contributed by atoms with E-state index in [0.29, 0.717) is 29.3 Å². The van der Waals surface area contributed by atoms with Gasteiger partial charge in [0.25, 0.3) is 0 Å². The van der Waals surface area contributed by atoms with Gasteiger partial charge in [-0.05, 0) is 37.6 Å². The number of nitrogens with one attached hydrogen (secondary N) is 2. The number of anilines is 1. The van der Waals surface area contributed by atoms with Crippen molar-refractivity contribution in [2.24, 2.45) is 5.92 Å². The van der Waals surface area contributed by atoms with E-state index in [2.05, 4.69) is 10.6 Å². The zero-order valence-corrected chi connectivity index (χ0v) is 10.9. The van der Waals surface area contributed by atoms with Crippen molar-refractivity contribution in [3.8, 4) is 11.8 Å². The minimum Gasteiger partial charge on any atom is -0.495 e. The first-order valence-electron chi connectivity index (χ1n) is 6.31. The van der Waals surface area contributed by atoms with E-state index in [4.69, 9.17) is 10.00 Å². The molecule has 1 amide bonds. The third-order valence-corrected chi connectivity index (χ3v) is 3.24. The average molecular weight is 259 g/mol. The first kappa shape index (κ1) is 13.4. The van der Waals surface area contributed by atoms with Gasteiger partial charge in [-0.1, -0.05) is 0 Å². The molecule has 5 heteroatoms. The maximum Gasteiger partial charge on any atom is 0.224 e. The minimum atomic E-state index is -0.0169. The van der Waals surface area contributed by atoms with E-state index in [0.717, 1.165) is 19.5 Å². The van der Waals surface area contributed by atoms with Gasteiger partial charge in [0.1, 0.15) is 5.75 Å². The number of hydrogen-bond donors (Lipinski definition) is 2. The molecular weight excluding hydrogens is 242 g/mol. The van der Waals surface area contributed by atoms with Crippen LogP contribution < -0.4 is 15.4 Å². The summed E-state index contributed by atoms with van der Waals surface area (Å²) in [5.74, 6) is 0.901. The Kier molecular flexibility index (Phi) is 4.37. The van der Waals surface area contributed by atoms with Crippen molar-refractivity contribution in [1.29, 1.82) is 5.26 Å². The summed E-state index contributed by atoms with van der Waals surface area (Å²) in [6.45, 7) is 1.88. The van der Waals surface area contributed by atoms with Gasteiger partial charge in [0.15, 0.2) is 0 Å². The number of nitrogens with zero attached hydrogens (tertiary/aromatic N) is 1. The quantitative estimate of drug-likeness (QED) is 0.859. The van der Waals surface area contributed by atoms with Gasteiger partial charge >= 0.3 is 0 Å². The molecule has 1 atom stereocenters. The zero-order chi connectivity index (χ0) is 13.7. The molecule has 0 saturated carbocycles. The fourth-order valence-electron chi connectivity index (χ4n) is 2.22. The summed E-state index contributed by atoms with van der Waals surface area (Å²) >= 11 is 0. The van der Waals surface area contributed by atoms with Gasteiger partial charge in [0.2, 0.25) is 5.91 Å². The molecule has 5 nitrogen and oxygen atoms in total. The predicted molar refractivity (Wildman–Crippen MR) is 71.9 cm³/mol. The standard InChI is InChI=1S/C14H17N3O2/c1-19-13-6-10(8-15)2-3-12(13)17-14(18)7-11-4-5-16-9-11/h2-3,6,11,16H,4-5,7,9H2,1H3,(H,17,18). The highest BCUT2D eigenvalue weighted by atomic mass is 16.5. The van der Waals surface area contributed by atoms with Crippen molar-refractivity contribution in [1.82, 2.24) is 5.32 Å². The van der Waals surface area contributed by atoms with Crippen molar-refractivity contribution >= 4 is 11.6 Å². The number of carbonyl (C=O) groups is 1. The molecule has 0 aromatic heterocycles. The summed E-state index contributed by atoms with van der Waals surface area (Å²) in [7, 11) is 1.52. The van der Waals surface area contributed by atoms with Crippen LogP contribution >= 0.6 is 0 Å². The van der Waals surface area contributed by atoms with Crippen LogP contribution in [-0.2, 0) is 4.79 Å². The van der Waals surface area contributed by atoms with Crippen LogP contribution in [0.1, 0.15) is 18.4 Å². The number of amides is 1. The zero-order valence-electron chi connectivity index (χ0n) is 10.9. The van der Waals surface area contributed by atoms with Crippen LogP contribution in [0.15, 0.2) is 18.2 Å². The maximum atomic E-state index is 11.9. The second-order valence-electron chi connectivity index (χ2n) is 4.64. The Morgan fingerprint density at radius 3 is 3.11 bits per heavy atom. The third-order valence-electron chi connectivity index (χ3n) is 3.24. The molecule has 0 spiro atoms. The van der Waals surface area contributed by atoms with Gasteiger partial charge in [-0.2, -0.15) is 5.26 Å². The van der Waals surface area contributed by atoms with Gasteiger partial charge in [-0.15, -0.1) is 0 Å². The number of carbonyl (C=O) groups excluding carboxylic acids is 1. The second-order valence-corrected chi connectivity index (χ2v) is 4.64. The van der Waals surface area contributed by atoms with E-state index in [9.17, 15) is 4.79 Å². The number of hydrogen-bond acceptors (Lipinski definition) is 4. The van der Waals surface area contributed by atoms with E-state index in [1.807, 2.05) is 6.07 Å². The summed E-state index contributed by atoms with van der Waals surface area (Å²) in [5, 5.41) is 14.9. The van der Waals surface area contributed by atoms with Gasteiger partial charge in [0.05, 0.1) is 24.4 Å². The Morgan fingerprint density at radius 1 is 1.63 bits per heavy atom. The highest BCUT2D eigenvalue weighted by Crippen LogP contribution is 2.26. The normalized spacial score (nSPS) is 17.8. The number of benzene rings is 1. The number of nitriles is 1. The van der Waals surface area contributed by atoms with Crippen LogP contribution in [0.25, 0.3) is 0 Å².